The van der Waals surface area contributed by atoms with Crippen LogP contribution in [0.3, 0.4) is 0 Å². The molecule has 4 N–H and O–H groups in total. The summed E-state index contributed by atoms with van der Waals surface area (Å²) in [6, 6.07) is 7.25. The summed E-state index contributed by atoms with van der Waals surface area (Å²) in [5.74, 6) is 0.786. The molecule has 0 radical (unpaired) electrons. The summed E-state index contributed by atoms with van der Waals surface area (Å²) < 4.78 is 5.62. The van der Waals surface area contributed by atoms with Gasteiger partial charge in [-0.15, -0.1) is 0 Å². The summed E-state index contributed by atoms with van der Waals surface area (Å²) in [5, 5.41) is 18.2. The molecule has 0 spiro atoms. The Morgan fingerprint density at radius 2 is 1.85 bits per heavy atom. The summed E-state index contributed by atoms with van der Waals surface area (Å²) >= 11 is 5.80. The predicted octanol–water partition coefficient (Wildman–Crippen LogP) is 2.47. The molecule has 1 rings (SSSR count). The lowest BCUT2D eigenvalue weighted by Crippen LogP contribution is -2.37. The minimum absolute atomic E-state index is 0.299. The molecule has 0 aliphatic carbocycles. The first-order chi connectivity index (χ1) is 9.39. The zero-order valence-electron chi connectivity index (χ0n) is 11.9. The number of rotatable bonds is 9. The van der Waals surface area contributed by atoms with E-state index in [0.29, 0.717) is 17.9 Å². The van der Waals surface area contributed by atoms with Gasteiger partial charge < -0.3 is 20.5 Å². The van der Waals surface area contributed by atoms with Crippen LogP contribution in [0.2, 0.25) is 11.3 Å². The fourth-order valence-electron chi connectivity index (χ4n) is 1.91. The van der Waals surface area contributed by atoms with E-state index >= 15 is 0 Å². The molecule has 1 aromatic carbocycles. The highest BCUT2D eigenvalue weighted by Crippen LogP contribution is 2.19. The smallest absolute Gasteiger partial charge is 0.451 e. The minimum Gasteiger partial charge on any atom is -0.494 e. The van der Waals surface area contributed by atoms with Crippen molar-refractivity contribution in [3.63, 3.8) is 0 Å². The van der Waals surface area contributed by atoms with E-state index < -0.39 is 7.12 Å². The van der Waals surface area contributed by atoms with Crippen molar-refractivity contribution >= 4 is 18.7 Å². The largest absolute Gasteiger partial charge is 0.494 e. The zero-order chi connectivity index (χ0) is 15.0. The van der Waals surface area contributed by atoms with E-state index in [4.69, 9.17) is 32.1 Å². The Labute approximate surface area is 126 Å². The Morgan fingerprint density at radius 3 is 2.45 bits per heavy atom. The zero-order valence-corrected chi connectivity index (χ0v) is 12.6. The summed E-state index contributed by atoms with van der Waals surface area (Å²) in [6.07, 6.45) is 3.63. The standard InChI is InChI=1S/C14H23BClNO3/c1-14(17,8-2-3-10-15(18)19)9-11-20-13-6-4-12(16)5-7-13/h4-7,18-19H,2-3,8-11,17H2,1H3. The van der Waals surface area contributed by atoms with Crippen molar-refractivity contribution in [2.45, 2.75) is 44.5 Å². The maximum atomic E-state index is 8.76. The Hall–Kier alpha value is -0.745. The van der Waals surface area contributed by atoms with Crippen molar-refractivity contribution in [1.29, 1.82) is 0 Å². The van der Waals surface area contributed by atoms with Gasteiger partial charge in [0.25, 0.3) is 0 Å². The van der Waals surface area contributed by atoms with Crippen LogP contribution in [0.25, 0.3) is 0 Å². The van der Waals surface area contributed by atoms with Gasteiger partial charge in [0.15, 0.2) is 0 Å². The lowest BCUT2D eigenvalue weighted by atomic mass is 9.82. The highest BCUT2D eigenvalue weighted by atomic mass is 35.5. The van der Waals surface area contributed by atoms with Crippen molar-refractivity contribution in [2.24, 2.45) is 5.73 Å². The summed E-state index contributed by atoms with van der Waals surface area (Å²) in [6.45, 7) is 2.55. The second-order valence-electron chi connectivity index (χ2n) is 5.43. The SMILES string of the molecule is CC(N)(CCCCB(O)O)CCOc1ccc(Cl)cc1. The number of hydrogen-bond acceptors (Lipinski definition) is 4. The number of benzene rings is 1. The van der Waals surface area contributed by atoms with E-state index in [1.54, 1.807) is 12.1 Å². The first-order valence-electron chi connectivity index (χ1n) is 6.92. The molecule has 1 unspecified atom stereocenters. The average Bonchev–Trinajstić information content (AvgIpc) is 2.37. The molecule has 0 bridgehead atoms. The molecular formula is C14H23BClNO3. The molecule has 1 aromatic rings. The van der Waals surface area contributed by atoms with E-state index in [1.807, 2.05) is 19.1 Å². The Balaban J connectivity index is 2.20. The van der Waals surface area contributed by atoms with Crippen LogP contribution >= 0.6 is 11.6 Å². The topological polar surface area (TPSA) is 75.7 Å². The minimum atomic E-state index is -1.22. The van der Waals surface area contributed by atoms with E-state index in [1.165, 1.54) is 0 Å². The second-order valence-corrected chi connectivity index (χ2v) is 5.87. The molecule has 0 aromatic heterocycles. The number of halogens is 1. The van der Waals surface area contributed by atoms with Crippen LogP contribution in [0.15, 0.2) is 24.3 Å². The van der Waals surface area contributed by atoms with Gasteiger partial charge in [-0.05, 0) is 50.4 Å². The molecule has 0 amide bonds. The molecule has 0 fully saturated rings. The van der Waals surface area contributed by atoms with Crippen molar-refractivity contribution in [1.82, 2.24) is 0 Å². The molecule has 6 heteroatoms. The number of hydrogen-bond donors (Lipinski definition) is 3. The van der Waals surface area contributed by atoms with Gasteiger partial charge in [-0.25, -0.2) is 0 Å². The molecule has 0 aliphatic rings. The van der Waals surface area contributed by atoms with Gasteiger partial charge in [0, 0.05) is 10.6 Å². The third-order valence-corrected chi connectivity index (χ3v) is 3.47. The van der Waals surface area contributed by atoms with Crippen LogP contribution in [-0.4, -0.2) is 29.3 Å². The van der Waals surface area contributed by atoms with Gasteiger partial charge >= 0.3 is 7.12 Å². The maximum Gasteiger partial charge on any atom is 0.451 e. The van der Waals surface area contributed by atoms with Crippen molar-refractivity contribution in [3.05, 3.63) is 29.3 Å². The first-order valence-corrected chi connectivity index (χ1v) is 7.30. The van der Waals surface area contributed by atoms with Gasteiger partial charge in [-0.1, -0.05) is 24.4 Å². The third kappa shape index (κ3) is 7.75. The normalized spacial score (nSPS) is 13.8. The van der Waals surface area contributed by atoms with Gasteiger partial charge in [0.05, 0.1) is 6.61 Å². The number of nitrogens with two attached hydrogens (primary N) is 1. The maximum absolute atomic E-state index is 8.76. The average molecular weight is 300 g/mol. The monoisotopic (exact) mass is 299 g/mol. The van der Waals surface area contributed by atoms with Gasteiger partial charge in [-0.2, -0.15) is 0 Å². The van der Waals surface area contributed by atoms with Crippen molar-refractivity contribution in [2.75, 3.05) is 6.61 Å². The molecular weight excluding hydrogens is 276 g/mol. The Kier molecular flexibility index (Phi) is 7.37. The predicted molar refractivity (Wildman–Crippen MR) is 83.0 cm³/mol. The first kappa shape index (κ1) is 17.3. The van der Waals surface area contributed by atoms with E-state index in [2.05, 4.69) is 0 Å². The lowest BCUT2D eigenvalue weighted by Gasteiger charge is -2.24. The summed E-state index contributed by atoms with van der Waals surface area (Å²) in [5.41, 5.74) is 5.90. The van der Waals surface area contributed by atoms with E-state index in [0.717, 1.165) is 31.4 Å². The summed E-state index contributed by atoms with van der Waals surface area (Å²) in [4.78, 5) is 0. The number of unbranched alkanes of at least 4 members (excludes halogenated alkanes) is 1. The molecule has 0 saturated carbocycles. The Bertz CT molecular complexity index is 385. The molecule has 0 saturated heterocycles. The molecule has 0 heterocycles. The van der Waals surface area contributed by atoms with Gasteiger partial charge in [0.1, 0.15) is 5.75 Å². The molecule has 112 valence electrons. The molecule has 0 aliphatic heterocycles. The van der Waals surface area contributed by atoms with Crippen molar-refractivity contribution < 1.29 is 14.8 Å². The fourth-order valence-corrected chi connectivity index (χ4v) is 2.04. The third-order valence-electron chi connectivity index (χ3n) is 3.22. The quantitative estimate of drug-likeness (QED) is 0.484. The van der Waals surface area contributed by atoms with Crippen molar-refractivity contribution in [3.8, 4) is 5.75 Å². The molecule has 1 atom stereocenters. The van der Waals surface area contributed by atoms with E-state index in [-0.39, 0.29) is 5.54 Å². The summed E-state index contributed by atoms with van der Waals surface area (Å²) in [7, 11) is -1.22. The molecule has 4 nitrogen and oxygen atoms in total. The van der Waals surface area contributed by atoms with Crippen LogP contribution < -0.4 is 10.5 Å². The lowest BCUT2D eigenvalue weighted by molar-refractivity contribution is 0.256. The van der Waals surface area contributed by atoms with Crippen LogP contribution in [0.1, 0.15) is 32.6 Å². The van der Waals surface area contributed by atoms with Crippen LogP contribution in [-0.2, 0) is 0 Å². The van der Waals surface area contributed by atoms with Gasteiger partial charge in [-0.3, -0.25) is 0 Å². The highest BCUT2D eigenvalue weighted by molar-refractivity contribution is 6.40. The van der Waals surface area contributed by atoms with Crippen LogP contribution in [0.5, 0.6) is 5.75 Å². The van der Waals surface area contributed by atoms with E-state index in [9.17, 15) is 0 Å². The Morgan fingerprint density at radius 1 is 1.20 bits per heavy atom. The van der Waals surface area contributed by atoms with Crippen LogP contribution in [0, 0.1) is 0 Å². The fraction of sp³-hybridized carbons (Fsp3) is 0.571. The molecule has 20 heavy (non-hydrogen) atoms. The number of ether oxygens (including phenoxy) is 1. The second kappa shape index (κ2) is 8.52. The highest BCUT2D eigenvalue weighted by Gasteiger charge is 2.18. The van der Waals surface area contributed by atoms with Gasteiger partial charge in [0.2, 0.25) is 0 Å². The van der Waals surface area contributed by atoms with Crippen LogP contribution in [0.4, 0.5) is 0 Å².